The minimum Gasteiger partial charge on any atom is -0.366 e. The second-order valence-electron chi connectivity index (χ2n) is 4.14. The Morgan fingerprint density at radius 2 is 1.95 bits per heavy atom. The monoisotopic (exact) mass is 253 g/mol. The molecule has 5 nitrogen and oxygen atoms in total. The third-order valence-electron chi connectivity index (χ3n) is 2.57. The van der Waals surface area contributed by atoms with Crippen LogP contribution in [0.5, 0.6) is 0 Å². The van der Waals surface area contributed by atoms with Gasteiger partial charge in [0.1, 0.15) is 24.5 Å². The molecule has 1 aromatic carbocycles. The molecule has 0 radical (unpaired) electrons. The normalized spacial score (nSPS) is 9.68. The molecule has 1 heterocycles. The van der Waals surface area contributed by atoms with Gasteiger partial charge in [0.2, 0.25) is 0 Å². The van der Waals surface area contributed by atoms with Gasteiger partial charge in [-0.1, -0.05) is 29.8 Å². The number of nitrogens with one attached hydrogen (secondary N) is 2. The molecule has 5 heteroatoms. The number of aromatic nitrogens is 2. The van der Waals surface area contributed by atoms with Crippen LogP contribution < -0.4 is 10.6 Å². The third-order valence-corrected chi connectivity index (χ3v) is 2.57. The molecule has 2 rings (SSSR count). The van der Waals surface area contributed by atoms with Crippen LogP contribution in [0.2, 0.25) is 0 Å². The first kappa shape index (κ1) is 12.8. The van der Waals surface area contributed by atoms with Crippen molar-refractivity contribution in [2.45, 2.75) is 13.5 Å². The van der Waals surface area contributed by atoms with Gasteiger partial charge in [-0.3, -0.25) is 0 Å². The molecular weight excluding hydrogens is 238 g/mol. The summed E-state index contributed by atoms with van der Waals surface area (Å²) in [5.74, 6) is 1.38. The highest BCUT2D eigenvalue weighted by molar-refractivity contribution is 5.47. The van der Waals surface area contributed by atoms with Crippen molar-refractivity contribution in [1.29, 1.82) is 5.26 Å². The fraction of sp³-hybridized carbons (Fsp3) is 0.214. The van der Waals surface area contributed by atoms with E-state index >= 15 is 0 Å². The molecule has 1 aromatic heterocycles. The Morgan fingerprint density at radius 3 is 2.68 bits per heavy atom. The number of nitriles is 1. The molecule has 19 heavy (non-hydrogen) atoms. The van der Waals surface area contributed by atoms with Gasteiger partial charge in [0.15, 0.2) is 0 Å². The summed E-state index contributed by atoms with van der Waals surface area (Å²) in [7, 11) is 0. The number of anilines is 2. The Balaban J connectivity index is 1.98. The Labute approximate surface area is 112 Å². The number of benzene rings is 1. The third kappa shape index (κ3) is 3.96. The average Bonchev–Trinajstić information content (AvgIpc) is 2.43. The van der Waals surface area contributed by atoms with E-state index in [1.807, 2.05) is 12.1 Å². The van der Waals surface area contributed by atoms with Crippen molar-refractivity contribution in [1.82, 2.24) is 9.97 Å². The van der Waals surface area contributed by atoms with Gasteiger partial charge in [-0.05, 0) is 12.5 Å². The van der Waals surface area contributed by atoms with Gasteiger partial charge in [-0.15, -0.1) is 0 Å². The van der Waals surface area contributed by atoms with Crippen LogP contribution in [-0.2, 0) is 6.54 Å². The minimum atomic E-state index is 0.230. The first-order chi connectivity index (χ1) is 9.28. The van der Waals surface area contributed by atoms with Crippen molar-refractivity contribution in [2.24, 2.45) is 0 Å². The van der Waals surface area contributed by atoms with Gasteiger partial charge in [0, 0.05) is 12.6 Å². The lowest BCUT2D eigenvalue weighted by molar-refractivity contribution is 1.07. The quantitative estimate of drug-likeness (QED) is 0.800. The first-order valence-electron chi connectivity index (χ1n) is 6.00. The van der Waals surface area contributed by atoms with Crippen LogP contribution in [0.15, 0.2) is 36.7 Å². The molecule has 96 valence electrons. The molecule has 2 aromatic rings. The zero-order valence-corrected chi connectivity index (χ0v) is 10.7. The van der Waals surface area contributed by atoms with Crippen molar-refractivity contribution in [2.75, 3.05) is 17.2 Å². The predicted molar refractivity (Wildman–Crippen MR) is 74.6 cm³/mol. The standard InChI is InChI=1S/C14H15N5/c1-11-3-2-4-12(7-11)9-17-14-8-13(16-6-5-15)18-10-19-14/h2-4,7-8,10H,6,9H2,1H3,(H2,16,17,18,19). The van der Waals surface area contributed by atoms with Crippen LogP contribution in [0.1, 0.15) is 11.1 Å². The summed E-state index contributed by atoms with van der Waals surface area (Å²) >= 11 is 0. The van der Waals surface area contributed by atoms with Gasteiger partial charge >= 0.3 is 0 Å². The lowest BCUT2D eigenvalue weighted by Gasteiger charge is -2.07. The van der Waals surface area contributed by atoms with Crippen LogP contribution in [0.4, 0.5) is 11.6 Å². The van der Waals surface area contributed by atoms with Gasteiger partial charge in [0.25, 0.3) is 0 Å². The van der Waals surface area contributed by atoms with Crippen LogP contribution in [0, 0.1) is 18.3 Å². The molecule has 0 fully saturated rings. The molecule has 0 saturated heterocycles. The fourth-order valence-corrected chi connectivity index (χ4v) is 1.70. The van der Waals surface area contributed by atoms with Crippen LogP contribution in [0.3, 0.4) is 0 Å². The van der Waals surface area contributed by atoms with E-state index in [0.717, 1.165) is 5.82 Å². The Morgan fingerprint density at radius 1 is 1.16 bits per heavy atom. The molecule has 0 amide bonds. The maximum atomic E-state index is 8.50. The number of aryl methyl sites for hydroxylation is 1. The molecule has 0 aliphatic rings. The van der Waals surface area contributed by atoms with Crippen LogP contribution >= 0.6 is 0 Å². The summed E-state index contributed by atoms with van der Waals surface area (Å²) in [6, 6.07) is 12.1. The van der Waals surface area contributed by atoms with Crippen molar-refractivity contribution < 1.29 is 0 Å². The second-order valence-corrected chi connectivity index (χ2v) is 4.14. The molecule has 0 saturated carbocycles. The highest BCUT2D eigenvalue weighted by Gasteiger charge is 1.98. The lowest BCUT2D eigenvalue weighted by atomic mass is 10.1. The molecule has 2 N–H and O–H groups in total. The maximum Gasteiger partial charge on any atom is 0.132 e. The highest BCUT2D eigenvalue weighted by atomic mass is 15.1. The molecular formula is C14H15N5. The molecule has 0 aliphatic carbocycles. The van der Waals surface area contributed by atoms with Crippen molar-refractivity contribution in [3.05, 3.63) is 47.8 Å². The molecule has 0 spiro atoms. The van der Waals surface area contributed by atoms with Gasteiger partial charge in [-0.2, -0.15) is 5.26 Å². The van der Waals surface area contributed by atoms with Gasteiger partial charge in [0.05, 0.1) is 6.07 Å². The van der Waals surface area contributed by atoms with E-state index < -0.39 is 0 Å². The Bertz CT molecular complexity index is 588. The summed E-state index contributed by atoms with van der Waals surface area (Å²) in [5, 5.41) is 14.6. The maximum absolute atomic E-state index is 8.50. The Kier molecular flexibility index (Phi) is 4.29. The predicted octanol–water partition coefficient (Wildman–Crippen LogP) is 2.33. The molecule has 0 unspecified atom stereocenters. The minimum absolute atomic E-state index is 0.230. The van der Waals surface area contributed by atoms with Gasteiger partial charge < -0.3 is 10.6 Å². The number of hydrogen-bond acceptors (Lipinski definition) is 5. The van der Waals surface area contributed by atoms with Crippen molar-refractivity contribution in [3.63, 3.8) is 0 Å². The van der Waals surface area contributed by atoms with E-state index in [1.165, 1.54) is 17.5 Å². The highest BCUT2D eigenvalue weighted by Crippen LogP contribution is 2.10. The average molecular weight is 253 g/mol. The summed E-state index contributed by atoms with van der Waals surface area (Å²) in [6.45, 7) is 3.00. The summed E-state index contributed by atoms with van der Waals surface area (Å²) in [4.78, 5) is 8.17. The van der Waals surface area contributed by atoms with Gasteiger partial charge in [-0.25, -0.2) is 9.97 Å². The van der Waals surface area contributed by atoms with Crippen molar-refractivity contribution >= 4 is 11.6 Å². The first-order valence-corrected chi connectivity index (χ1v) is 6.00. The molecule has 0 aliphatic heterocycles. The van der Waals surface area contributed by atoms with Crippen LogP contribution in [0.25, 0.3) is 0 Å². The number of rotatable bonds is 5. The fourth-order valence-electron chi connectivity index (χ4n) is 1.70. The summed E-state index contributed by atoms with van der Waals surface area (Å²) < 4.78 is 0. The van der Waals surface area contributed by atoms with E-state index in [9.17, 15) is 0 Å². The van der Waals surface area contributed by atoms with E-state index in [4.69, 9.17) is 5.26 Å². The largest absolute Gasteiger partial charge is 0.366 e. The van der Waals surface area contributed by atoms with E-state index in [0.29, 0.717) is 12.4 Å². The zero-order chi connectivity index (χ0) is 13.5. The lowest BCUT2D eigenvalue weighted by Crippen LogP contribution is -2.05. The SMILES string of the molecule is Cc1cccc(CNc2cc(NCC#N)ncn2)c1. The second kappa shape index (κ2) is 6.36. The number of nitrogens with zero attached hydrogens (tertiary/aromatic N) is 3. The van der Waals surface area contributed by atoms with Crippen LogP contribution in [-0.4, -0.2) is 16.5 Å². The summed E-state index contributed by atoms with van der Waals surface area (Å²) in [5.41, 5.74) is 2.43. The van der Waals surface area contributed by atoms with E-state index in [2.05, 4.69) is 45.7 Å². The zero-order valence-electron chi connectivity index (χ0n) is 10.7. The topological polar surface area (TPSA) is 73.6 Å². The van der Waals surface area contributed by atoms with E-state index in [-0.39, 0.29) is 6.54 Å². The summed E-state index contributed by atoms with van der Waals surface area (Å²) in [6.07, 6.45) is 1.47. The van der Waals surface area contributed by atoms with E-state index in [1.54, 1.807) is 6.07 Å². The van der Waals surface area contributed by atoms with Crippen molar-refractivity contribution in [3.8, 4) is 6.07 Å². The number of hydrogen-bond donors (Lipinski definition) is 2. The smallest absolute Gasteiger partial charge is 0.132 e. The molecule has 0 atom stereocenters. The molecule has 0 bridgehead atoms. The Hall–Kier alpha value is -2.61.